The number of carbonyl (C=O) groups is 1. The van der Waals surface area contributed by atoms with Crippen LogP contribution in [0, 0.1) is 5.41 Å². The van der Waals surface area contributed by atoms with Gasteiger partial charge in [0.15, 0.2) is 0 Å². The van der Waals surface area contributed by atoms with Gasteiger partial charge in [-0.05, 0) is 31.4 Å². The van der Waals surface area contributed by atoms with Gasteiger partial charge in [-0.25, -0.2) is 8.78 Å². The number of anilines is 1. The van der Waals surface area contributed by atoms with Crippen molar-refractivity contribution >= 4 is 21.8 Å². The molecule has 1 amide bonds. The number of halogens is 5. The highest BCUT2D eigenvalue weighted by Gasteiger charge is 2.79. The highest BCUT2D eigenvalue weighted by molar-refractivity contribution is 7.90. The quantitative estimate of drug-likeness (QED) is 0.617. The van der Waals surface area contributed by atoms with Crippen molar-refractivity contribution in [2.75, 3.05) is 18.8 Å². The molecule has 0 aliphatic heterocycles. The minimum atomic E-state index is -4.37. The number of nitrogens with one attached hydrogen (secondary N) is 2. The molecule has 168 valence electrons. The van der Waals surface area contributed by atoms with Crippen LogP contribution in [0.25, 0.3) is 0 Å². The van der Waals surface area contributed by atoms with Crippen molar-refractivity contribution in [1.82, 2.24) is 9.62 Å². The van der Waals surface area contributed by atoms with Gasteiger partial charge < -0.3 is 5.32 Å². The summed E-state index contributed by atoms with van der Waals surface area (Å²) in [5.41, 5.74) is -3.96. The molecule has 1 aromatic rings. The number of carbonyl (C=O) groups excluding carboxylic acids is 1. The summed E-state index contributed by atoms with van der Waals surface area (Å²) in [7, 11) is -1.58. The molecule has 0 radical (unpaired) electrons. The van der Waals surface area contributed by atoms with E-state index in [9.17, 15) is 35.2 Å². The Labute approximate surface area is 171 Å². The van der Waals surface area contributed by atoms with Crippen molar-refractivity contribution in [3.63, 3.8) is 0 Å². The van der Waals surface area contributed by atoms with Gasteiger partial charge in [-0.3, -0.25) is 9.52 Å². The van der Waals surface area contributed by atoms with E-state index >= 15 is 0 Å². The maximum absolute atomic E-state index is 14.1. The third-order valence-electron chi connectivity index (χ3n) is 5.86. The van der Waals surface area contributed by atoms with Crippen molar-refractivity contribution in [3.05, 3.63) is 29.3 Å². The zero-order chi connectivity index (χ0) is 22.8. The number of hydrogen-bond acceptors (Lipinski definition) is 3. The molecule has 3 aliphatic carbocycles. The average molecular weight is 455 g/mol. The lowest BCUT2D eigenvalue weighted by atomic mass is 9.39. The first kappa shape index (κ1) is 22.7. The van der Waals surface area contributed by atoms with Crippen molar-refractivity contribution in [2.24, 2.45) is 5.41 Å². The van der Waals surface area contributed by atoms with Crippen molar-refractivity contribution in [2.45, 2.75) is 50.2 Å². The summed E-state index contributed by atoms with van der Waals surface area (Å²) in [6.45, 7) is 1.25. The zero-order valence-electron chi connectivity index (χ0n) is 16.5. The molecule has 0 heterocycles. The maximum Gasteiger partial charge on any atom is 0.394 e. The van der Waals surface area contributed by atoms with Crippen LogP contribution in [-0.2, 0) is 16.1 Å². The van der Waals surface area contributed by atoms with Crippen LogP contribution in [-0.4, -0.2) is 44.4 Å². The smallest absolute Gasteiger partial charge is 0.346 e. The second-order valence-electron chi connectivity index (χ2n) is 8.25. The fraction of sp³-hybridized carbons (Fsp3) is 0.611. The fourth-order valence-corrected chi connectivity index (χ4v) is 4.65. The van der Waals surface area contributed by atoms with E-state index in [0.717, 1.165) is 22.5 Å². The average Bonchev–Trinajstić information content (AvgIpc) is 2.55. The van der Waals surface area contributed by atoms with E-state index in [1.54, 1.807) is 0 Å². The molecule has 0 atom stereocenters. The predicted octanol–water partition coefficient (Wildman–Crippen LogP) is 3.62. The maximum atomic E-state index is 14.1. The van der Waals surface area contributed by atoms with Crippen molar-refractivity contribution in [1.29, 1.82) is 0 Å². The summed E-state index contributed by atoms with van der Waals surface area (Å²) in [6, 6.07) is 2.93. The number of amides is 1. The molecule has 3 saturated carbocycles. The van der Waals surface area contributed by atoms with Crippen LogP contribution in [0.15, 0.2) is 18.2 Å². The van der Waals surface area contributed by atoms with E-state index in [1.807, 2.05) is 0 Å². The normalized spacial score (nSPS) is 26.0. The lowest BCUT2D eigenvalue weighted by Gasteiger charge is -2.70. The molecule has 2 N–H and O–H groups in total. The first-order chi connectivity index (χ1) is 13.6. The number of benzene rings is 1. The summed E-state index contributed by atoms with van der Waals surface area (Å²) in [5, 5.41) is 2.49. The van der Waals surface area contributed by atoms with Crippen LogP contribution < -0.4 is 10.0 Å². The van der Waals surface area contributed by atoms with Crippen LogP contribution >= 0.6 is 0 Å². The molecule has 0 aromatic heterocycles. The zero-order valence-corrected chi connectivity index (χ0v) is 17.3. The van der Waals surface area contributed by atoms with E-state index < -0.39 is 51.2 Å². The fourth-order valence-electron chi connectivity index (χ4n) is 4.01. The van der Waals surface area contributed by atoms with Gasteiger partial charge in [-0.1, -0.05) is 13.0 Å². The second-order valence-corrected chi connectivity index (χ2v) is 10.1. The van der Waals surface area contributed by atoms with Crippen LogP contribution in [0.4, 0.5) is 27.6 Å². The Morgan fingerprint density at radius 3 is 2.17 bits per heavy atom. The first-order valence-electron chi connectivity index (χ1n) is 9.18. The molecule has 12 heteroatoms. The summed E-state index contributed by atoms with van der Waals surface area (Å²) in [4.78, 5) is 12.8. The standard InChI is InChI=1S/C18H22F5N3O3S/c1-4-17(19,20)11-5-6-13(25-30(28,29)26(2)3)12(7-11)14(27)24-16-8-15(9-16,10-16)18(21,22)23/h5-7,25H,4,8-10H2,1-3H3,(H,24,27). The van der Waals surface area contributed by atoms with Gasteiger partial charge in [0.2, 0.25) is 0 Å². The largest absolute Gasteiger partial charge is 0.394 e. The number of nitrogens with zero attached hydrogens (tertiary/aromatic N) is 1. The van der Waals surface area contributed by atoms with Crippen LogP contribution in [0.5, 0.6) is 0 Å². The monoisotopic (exact) mass is 455 g/mol. The lowest BCUT2D eigenvalue weighted by Crippen LogP contribution is -2.78. The molecule has 4 rings (SSSR count). The van der Waals surface area contributed by atoms with Gasteiger partial charge in [-0.15, -0.1) is 0 Å². The molecule has 3 aliphatic rings. The van der Waals surface area contributed by atoms with Crippen LogP contribution in [0.3, 0.4) is 0 Å². The minimum Gasteiger partial charge on any atom is -0.346 e. The first-order valence-corrected chi connectivity index (χ1v) is 10.6. The minimum absolute atomic E-state index is 0.242. The molecule has 1 aromatic carbocycles. The molecule has 6 nitrogen and oxygen atoms in total. The second kappa shape index (κ2) is 6.78. The summed E-state index contributed by atoms with van der Waals surface area (Å²) in [6.07, 6.45) is -5.75. The summed E-state index contributed by atoms with van der Waals surface area (Å²) >= 11 is 0. The van der Waals surface area contributed by atoms with Crippen LogP contribution in [0.1, 0.15) is 48.5 Å². The third kappa shape index (κ3) is 3.64. The Kier molecular flexibility index (Phi) is 5.13. The molecule has 3 fully saturated rings. The molecule has 0 saturated heterocycles. The highest BCUT2D eigenvalue weighted by Crippen LogP contribution is 2.73. The highest BCUT2D eigenvalue weighted by atomic mass is 32.2. The molecule has 0 unspecified atom stereocenters. The van der Waals surface area contributed by atoms with E-state index in [-0.39, 0.29) is 30.5 Å². The van der Waals surface area contributed by atoms with E-state index in [0.29, 0.717) is 0 Å². The summed E-state index contributed by atoms with van der Waals surface area (Å²) in [5.74, 6) is -4.17. The van der Waals surface area contributed by atoms with Crippen molar-refractivity contribution in [3.8, 4) is 0 Å². The SMILES string of the molecule is CCC(F)(F)c1ccc(NS(=O)(=O)N(C)C)c(C(=O)NC23CC(C(F)(F)F)(C2)C3)c1. The van der Waals surface area contributed by atoms with Gasteiger partial charge in [0.05, 0.1) is 16.7 Å². The molecular weight excluding hydrogens is 433 g/mol. The van der Waals surface area contributed by atoms with Gasteiger partial charge in [0.1, 0.15) is 0 Å². The number of alkyl halides is 5. The summed E-state index contributed by atoms with van der Waals surface area (Å²) < 4.78 is 94.6. The van der Waals surface area contributed by atoms with Gasteiger partial charge in [0.25, 0.3) is 11.8 Å². The molecule has 2 bridgehead atoms. The third-order valence-corrected chi connectivity index (χ3v) is 7.30. The Balaban J connectivity index is 1.89. The molecule has 30 heavy (non-hydrogen) atoms. The van der Waals surface area contributed by atoms with E-state index in [4.69, 9.17) is 0 Å². The Hall–Kier alpha value is -1.95. The van der Waals surface area contributed by atoms with Gasteiger partial charge in [0, 0.05) is 31.6 Å². The molecule has 0 spiro atoms. The van der Waals surface area contributed by atoms with E-state index in [1.165, 1.54) is 21.0 Å². The van der Waals surface area contributed by atoms with Crippen molar-refractivity contribution < 1.29 is 35.2 Å². The topological polar surface area (TPSA) is 78.5 Å². The Morgan fingerprint density at radius 1 is 1.13 bits per heavy atom. The van der Waals surface area contributed by atoms with Crippen LogP contribution in [0.2, 0.25) is 0 Å². The van der Waals surface area contributed by atoms with E-state index in [2.05, 4.69) is 10.0 Å². The number of rotatable bonds is 7. The lowest BCUT2D eigenvalue weighted by molar-refractivity contribution is -0.336. The Bertz CT molecular complexity index is 956. The van der Waals surface area contributed by atoms with Gasteiger partial charge in [-0.2, -0.15) is 25.9 Å². The predicted molar refractivity (Wildman–Crippen MR) is 99.4 cm³/mol. The number of hydrogen-bond donors (Lipinski definition) is 2. The Morgan fingerprint density at radius 2 is 1.70 bits per heavy atom. The molecular formula is C18H22F5N3O3S. The van der Waals surface area contributed by atoms with Gasteiger partial charge >= 0.3 is 16.4 Å².